The summed E-state index contributed by atoms with van der Waals surface area (Å²) in [6.07, 6.45) is 0. The molecule has 2 heterocycles. The number of nitrogens with zero attached hydrogens (tertiary/aromatic N) is 2. The highest BCUT2D eigenvalue weighted by Gasteiger charge is 2.21. The predicted molar refractivity (Wildman–Crippen MR) is 86.2 cm³/mol. The van der Waals surface area contributed by atoms with Crippen LogP contribution in [0.15, 0.2) is 24.3 Å². The van der Waals surface area contributed by atoms with E-state index in [1.165, 1.54) is 0 Å². The number of hydrogen-bond acceptors (Lipinski definition) is 6. The maximum atomic E-state index is 12.5. The molecule has 2 saturated heterocycles. The zero-order valence-corrected chi connectivity index (χ0v) is 13.5. The van der Waals surface area contributed by atoms with Gasteiger partial charge in [-0.1, -0.05) is 12.1 Å². The molecule has 0 radical (unpaired) electrons. The normalized spacial score (nSPS) is 19.7. The van der Waals surface area contributed by atoms with Crippen LogP contribution in [0.3, 0.4) is 0 Å². The molecule has 1 aromatic carbocycles. The Hall–Kier alpha value is -2.00. The first kappa shape index (κ1) is 16.8. The van der Waals surface area contributed by atoms with Gasteiger partial charge >= 0.3 is 0 Å². The molecule has 2 fully saturated rings. The van der Waals surface area contributed by atoms with Crippen LogP contribution in [0.5, 0.6) is 0 Å². The van der Waals surface area contributed by atoms with Gasteiger partial charge in [0.2, 0.25) is 0 Å². The van der Waals surface area contributed by atoms with Crippen molar-refractivity contribution in [3.8, 4) is 0 Å². The highest BCUT2D eigenvalue weighted by atomic mass is 16.5. The van der Waals surface area contributed by atoms with Gasteiger partial charge in [0, 0.05) is 26.2 Å². The average Bonchev–Trinajstić information content (AvgIpc) is 2.63. The van der Waals surface area contributed by atoms with Crippen molar-refractivity contribution in [1.82, 2.24) is 20.9 Å². The number of carbonyl (C=O) groups excluding carboxylic acids is 2. The molecule has 0 unspecified atom stereocenters. The van der Waals surface area contributed by atoms with Gasteiger partial charge in [-0.25, -0.2) is 10.0 Å². The molecule has 0 bridgehead atoms. The van der Waals surface area contributed by atoms with Gasteiger partial charge in [-0.05, 0) is 12.1 Å². The van der Waals surface area contributed by atoms with E-state index in [0.717, 1.165) is 0 Å². The molecule has 8 nitrogen and oxygen atoms in total. The number of hydrazine groups is 2. The van der Waals surface area contributed by atoms with Crippen LogP contribution in [0.2, 0.25) is 0 Å². The largest absolute Gasteiger partial charge is 0.379 e. The van der Waals surface area contributed by atoms with Crippen molar-refractivity contribution >= 4 is 11.8 Å². The maximum Gasteiger partial charge on any atom is 0.266 e. The molecule has 2 aliphatic heterocycles. The first-order valence-electron chi connectivity index (χ1n) is 8.10. The molecule has 8 heteroatoms. The summed E-state index contributed by atoms with van der Waals surface area (Å²) in [7, 11) is 0. The van der Waals surface area contributed by atoms with E-state index in [4.69, 9.17) is 9.47 Å². The second-order valence-corrected chi connectivity index (χ2v) is 5.63. The topological polar surface area (TPSA) is 83.1 Å². The van der Waals surface area contributed by atoms with Crippen molar-refractivity contribution in [1.29, 1.82) is 0 Å². The van der Waals surface area contributed by atoms with Crippen molar-refractivity contribution in [2.75, 3.05) is 52.6 Å². The van der Waals surface area contributed by atoms with Crippen LogP contribution in [0.25, 0.3) is 0 Å². The van der Waals surface area contributed by atoms with Gasteiger partial charge in [-0.2, -0.15) is 0 Å². The molecule has 2 amide bonds. The molecule has 0 aliphatic carbocycles. The van der Waals surface area contributed by atoms with E-state index < -0.39 is 0 Å². The van der Waals surface area contributed by atoms with Crippen molar-refractivity contribution in [3.63, 3.8) is 0 Å². The van der Waals surface area contributed by atoms with E-state index in [1.54, 1.807) is 24.3 Å². The predicted octanol–water partition coefficient (Wildman–Crippen LogP) is -0.359. The van der Waals surface area contributed by atoms with E-state index in [-0.39, 0.29) is 11.8 Å². The Labute approximate surface area is 140 Å². The summed E-state index contributed by atoms with van der Waals surface area (Å²) in [4.78, 5) is 25.0. The van der Waals surface area contributed by atoms with E-state index in [9.17, 15) is 9.59 Å². The third-order valence-corrected chi connectivity index (χ3v) is 3.96. The van der Waals surface area contributed by atoms with Crippen LogP contribution in [-0.4, -0.2) is 74.4 Å². The summed E-state index contributed by atoms with van der Waals surface area (Å²) in [6, 6.07) is 6.81. The van der Waals surface area contributed by atoms with Crippen molar-refractivity contribution in [2.24, 2.45) is 0 Å². The van der Waals surface area contributed by atoms with E-state index in [2.05, 4.69) is 10.9 Å². The Balaban J connectivity index is 1.67. The average molecular weight is 334 g/mol. The number of ether oxygens (including phenoxy) is 2. The summed E-state index contributed by atoms with van der Waals surface area (Å²) < 4.78 is 10.5. The standard InChI is InChI=1S/C16H22N4O4/c21-15(17-19-5-9-23-10-6-19)13-3-1-2-4-14(13)16(22)18-20-7-11-24-12-8-20/h1-4H,5-12H2,(H,17,21)(H,18,22). The molecular weight excluding hydrogens is 312 g/mol. The summed E-state index contributed by atoms with van der Waals surface area (Å²) in [5, 5.41) is 3.62. The second-order valence-electron chi connectivity index (χ2n) is 5.63. The lowest BCUT2D eigenvalue weighted by Gasteiger charge is -2.28. The first-order chi connectivity index (χ1) is 11.7. The molecule has 0 aromatic heterocycles. The molecule has 3 rings (SSSR count). The second kappa shape index (κ2) is 8.20. The molecule has 2 aliphatic rings. The SMILES string of the molecule is O=C(NN1CCOCC1)c1ccccc1C(=O)NN1CCOCC1. The van der Waals surface area contributed by atoms with Gasteiger partial charge in [-0.15, -0.1) is 0 Å². The Morgan fingerprint density at radius 3 is 1.50 bits per heavy atom. The quantitative estimate of drug-likeness (QED) is 0.783. The lowest BCUT2D eigenvalue weighted by atomic mass is 10.1. The molecule has 2 N–H and O–H groups in total. The first-order valence-corrected chi connectivity index (χ1v) is 8.10. The fourth-order valence-electron chi connectivity index (χ4n) is 2.64. The number of nitrogens with one attached hydrogen (secondary N) is 2. The lowest BCUT2D eigenvalue weighted by Crippen LogP contribution is -2.50. The Kier molecular flexibility index (Phi) is 5.76. The molecule has 24 heavy (non-hydrogen) atoms. The fourth-order valence-corrected chi connectivity index (χ4v) is 2.64. The lowest BCUT2D eigenvalue weighted by molar-refractivity contribution is 0.0113. The fraction of sp³-hybridized carbons (Fsp3) is 0.500. The minimum Gasteiger partial charge on any atom is -0.379 e. The molecule has 130 valence electrons. The van der Waals surface area contributed by atoms with E-state index in [1.807, 2.05) is 10.0 Å². The van der Waals surface area contributed by atoms with Crippen LogP contribution >= 0.6 is 0 Å². The number of benzene rings is 1. The number of rotatable bonds is 4. The summed E-state index contributed by atoms with van der Waals surface area (Å²) in [6.45, 7) is 4.86. The van der Waals surface area contributed by atoms with Gasteiger partial charge in [0.25, 0.3) is 11.8 Å². The van der Waals surface area contributed by atoms with Gasteiger partial charge in [-0.3, -0.25) is 20.4 Å². The summed E-state index contributed by atoms with van der Waals surface area (Å²) in [5.41, 5.74) is 6.38. The van der Waals surface area contributed by atoms with Crippen molar-refractivity contribution < 1.29 is 19.1 Å². The summed E-state index contributed by atoms with van der Waals surface area (Å²) >= 11 is 0. The van der Waals surface area contributed by atoms with Crippen molar-refractivity contribution in [2.45, 2.75) is 0 Å². The highest BCUT2D eigenvalue weighted by molar-refractivity contribution is 6.06. The smallest absolute Gasteiger partial charge is 0.266 e. The zero-order chi connectivity index (χ0) is 16.8. The third kappa shape index (κ3) is 4.30. The van der Waals surface area contributed by atoms with Crippen LogP contribution in [0.1, 0.15) is 20.7 Å². The van der Waals surface area contributed by atoms with Gasteiger partial charge < -0.3 is 9.47 Å². The highest BCUT2D eigenvalue weighted by Crippen LogP contribution is 2.10. The Morgan fingerprint density at radius 1 is 0.750 bits per heavy atom. The monoisotopic (exact) mass is 334 g/mol. The molecule has 0 spiro atoms. The molecular formula is C16H22N4O4. The van der Waals surface area contributed by atoms with E-state index >= 15 is 0 Å². The Bertz CT molecular complexity index is 532. The van der Waals surface area contributed by atoms with Gasteiger partial charge in [0.1, 0.15) is 0 Å². The van der Waals surface area contributed by atoms with Gasteiger partial charge in [0.05, 0.1) is 37.6 Å². The van der Waals surface area contributed by atoms with Gasteiger partial charge in [0.15, 0.2) is 0 Å². The van der Waals surface area contributed by atoms with E-state index in [0.29, 0.717) is 63.7 Å². The van der Waals surface area contributed by atoms with Crippen LogP contribution < -0.4 is 10.9 Å². The Morgan fingerprint density at radius 2 is 1.12 bits per heavy atom. The third-order valence-electron chi connectivity index (χ3n) is 3.96. The molecule has 0 saturated carbocycles. The maximum absolute atomic E-state index is 12.5. The zero-order valence-electron chi connectivity index (χ0n) is 13.5. The number of hydrogen-bond donors (Lipinski definition) is 2. The molecule has 1 aromatic rings. The minimum absolute atomic E-state index is 0.287. The number of carbonyl (C=O) groups is 2. The van der Waals surface area contributed by atoms with Crippen LogP contribution in [0, 0.1) is 0 Å². The summed E-state index contributed by atoms with van der Waals surface area (Å²) in [5.74, 6) is -0.575. The minimum atomic E-state index is -0.287. The number of morpholine rings is 2. The molecule has 0 atom stereocenters. The van der Waals surface area contributed by atoms with Crippen LogP contribution in [0.4, 0.5) is 0 Å². The van der Waals surface area contributed by atoms with Crippen LogP contribution in [-0.2, 0) is 9.47 Å². The number of amides is 2. The van der Waals surface area contributed by atoms with Crippen molar-refractivity contribution in [3.05, 3.63) is 35.4 Å².